The van der Waals surface area contributed by atoms with Crippen LogP contribution in [0.3, 0.4) is 0 Å². The van der Waals surface area contributed by atoms with Gasteiger partial charge in [0, 0.05) is 5.92 Å². The molecule has 0 aromatic carbocycles. The first-order valence-electron chi connectivity index (χ1n) is 5.28. The zero-order valence-corrected chi connectivity index (χ0v) is 10.2. The predicted molar refractivity (Wildman–Crippen MR) is 60.3 cm³/mol. The van der Waals surface area contributed by atoms with Gasteiger partial charge < -0.3 is 0 Å². The minimum Gasteiger partial charge on any atom is -0.281 e. The lowest BCUT2D eigenvalue weighted by atomic mass is 10.1. The van der Waals surface area contributed by atoms with E-state index in [4.69, 9.17) is 11.6 Å². The molecule has 2 heteroatoms. The summed E-state index contributed by atoms with van der Waals surface area (Å²) in [6.07, 6.45) is 4.51. The van der Waals surface area contributed by atoms with Crippen LogP contribution in [0.15, 0.2) is 11.6 Å². The van der Waals surface area contributed by atoms with Gasteiger partial charge in [0.15, 0.2) is 0 Å². The molecule has 0 aliphatic heterocycles. The van der Waals surface area contributed by atoms with E-state index < -0.39 is 0 Å². The summed E-state index contributed by atoms with van der Waals surface area (Å²) in [5.74, 6) is 0.398. The maximum atomic E-state index is 11.1. The van der Waals surface area contributed by atoms with E-state index in [1.54, 1.807) is 0 Å². The normalized spacial score (nSPS) is 30.2. The summed E-state index contributed by atoms with van der Waals surface area (Å²) in [6.45, 7) is 8.52. The molecule has 1 saturated carbocycles. The monoisotopic (exact) mass is 214 g/mol. The fourth-order valence-electron chi connectivity index (χ4n) is 2.21. The van der Waals surface area contributed by atoms with Crippen molar-refractivity contribution >= 4 is 16.8 Å². The van der Waals surface area contributed by atoms with Crippen LogP contribution in [0.2, 0.25) is 0 Å². The molecule has 1 aliphatic rings. The molecule has 1 rings (SSSR count). The Morgan fingerprint density at radius 1 is 1.50 bits per heavy atom. The van der Waals surface area contributed by atoms with Gasteiger partial charge in [0.25, 0.3) is 0 Å². The summed E-state index contributed by atoms with van der Waals surface area (Å²) >= 11 is 5.55. The van der Waals surface area contributed by atoms with Gasteiger partial charge in [0.05, 0.1) is 0 Å². The molecule has 80 valence electrons. The van der Waals surface area contributed by atoms with Crippen molar-refractivity contribution in [2.24, 2.45) is 17.3 Å². The van der Waals surface area contributed by atoms with E-state index in [1.807, 2.05) is 0 Å². The highest BCUT2D eigenvalue weighted by Gasteiger charge is 2.59. The molecule has 0 amide bonds. The van der Waals surface area contributed by atoms with Crippen molar-refractivity contribution in [1.29, 1.82) is 0 Å². The molecule has 1 nitrogen and oxygen atoms in total. The number of carbonyl (C=O) groups is 1. The number of halogens is 1. The van der Waals surface area contributed by atoms with Crippen LogP contribution in [-0.4, -0.2) is 5.24 Å². The van der Waals surface area contributed by atoms with E-state index in [0.29, 0.717) is 5.92 Å². The second-order valence-electron chi connectivity index (χ2n) is 4.89. The number of hydrogen-bond donors (Lipinski definition) is 0. The zero-order chi connectivity index (χ0) is 10.9. The van der Waals surface area contributed by atoms with Crippen LogP contribution in [0.1, 0.15) is 40.5 Å². The molecular formula is C12H19ClO. The number of rotatable bonds is 4. The van der Waals surface area contributed by atoms with Gasteiger partial charge >= 0.3 is 0 Å². The van der Waals surface area contributed by atoms with E-state index in [0.717, 1.165) is 12.8 Å². The maximum Gasteiger partial charge on any atom is 0.225 e. The quantitative estimate of drug-likeness (QED) is 0.514. The van der Waals surface area contributed by atoms with Gasteiger partial charge in [0.1, 0.15) is 0 Å². The van der Waals surface area contributed by atoms with E-state index in [-0.39, 0.29) is 16.6 Å². The lowest BCUT2D eigenvalue weighted by Gasteiger charge is -1.99. The van der Waals surface area contributed by atoms with Crippen LogP contribution < -0.4 is 0 Å². The standard InChI is InChI=1S/C12H19ClO/c1-5-6-8(2)7-9-10(11(13)14)12(9,3)4/h7,9-10H,5-6H2,1-4H3. The summed E-state index contributed by atoms with van der Waals surface area (Å²) in [6, 6.07) is 0. The fraction of sp³-hybridized carbons (Fsp3) is 0.750. The van der Waals surface area contributed by atoms with Crippen molar-refractivity contribution in [3.8, 4) is 0 Å². The molecule has 0 saturated heterocycles. The first-order valence-corrected chi connectivity index (χ1v) is 5.65. The van der Waals surface area contributed by atoms with Gasteiger partial charge in [-0.25, -0.2) is 0 Å². The van der Waals surface area contributed by atoms with E-state index in [9.17, 15) is 4.79 Å². The maximum absolute atomic E-state index is 11.1. The summed E-state index contributed by atoms with van der Waals surface area (Å²) in [5.41, 5.74) is 1.46. The fourth-order valence-corrected chi connectivity index (χ4v) is 2.62. The largest absolute Gasteiger partial charge is 0.281 e. The smallest absolute Gasteiger partial charge is 0.225 e. The summed E-state index contributed by atoms with van der Waals surface area (Å²) in [4.78, 5) is 11.1. The number of carbonyl (C=O) groups excluding carboxylic acids is 1. The third-order valence-electron chi connectivity index (χ3n) is 3.26. The molecule has 1 aliphatic carbocycles. The van der Waals surface area contributed by atoms with Crippen molar-refractivity contribution in [1.82, 2.24) is 0 Å². The Hall–Kier alpha value is -0.300. The summed E-state index contributed by atoms with van der Waals surface area (Å²) in [5, 5.41) is -0.180. The Balaban J connectivity index is 2.65. The first kappa shape index (κ1) is 11.8. The van der Waals surface area contributed by atoms with Crippen molar-refractivity contribution in [3.05, 3.63) is 11.6 Å². The summed E-state index contributed by atoms with van der Waals surface area (Å²) < 4.78 is 0. The molecule has 2 atom stereocenters. The molecule has 2 unspecified atom stereocenters. The highest BCUT2D eigenvalue weighted by molar-refractivity contribution is 6.64. The molecule has 14 heavy (non-hydrogen) atoms. The van der Waals surface area contributed by atoms with E-state index >= 15 is 0 Å². The predicted octanol–water partition coefficient (Wildman–Crippen LogP) is 3.77. The van der Waals surface area contributed by atoms with E-state index in [1.165, 1.54) is 5.57 Å². The van der Waals surface area contributed by atoms with Gasteiger partial charge in [-0.05, 0) is 36.3 Å². The lowest BCUT2D eigenvalue weighted by Crippen LogP contribution is -1.96. The van der Waals surface area contributed by atoms with Crippen molar-refractivity contribution in [3.63, 3.8) is 0 Å². The average Bonchev–Trinajstić information content (AvgIpc) is 2.53. The number of allylic oxidation sites excluding steroid dienone is 2. The van der Waals surface area contributed by atoms with Crippen LogP contribution in [0, 0.1) is 17.3 Å². The lowest BCUT2D eigenvalue weighted by molar-refractivity contribution is -0.113. The van der Waals surface area contributed by atoms with Gasteiger partial charge in [-0.15, -0.1) is 0 Å². The summed E-state index contributed by atoms with van der Waals surface area (Å²) in [7, 11) is 0. The zero-order valence-electron chi connectivity index (χ0n) is 9.43. The van der Waals surface area contributed by atoms with Crippen LogP contribution in [0.25, 0.3) is 0 Å². The Morgan fingerprint density at radius 3 is 2.43 bits per heavy atom. The molecule has 0 radical (unpaired) electrons. The van der Waals surface area contributed by atoms with Gasteiger partial charge in [-0.2, -0.15) is 0 Å². The Bertz CT molecular complexity index is 265. The minimum atomic E-state index is -0.180. The molecule has 0 aromatic heterocycles. The van der Waals surface area contributed by atoms with E-state index in [2.05, 4.69) is 33.8 Å². The molecule has 0 heterocycles. The van der Waals surface area contributed by atoms with Crippen molar-refractivity contribution in [2.45, 2.75) is 40.5 Å². The van der Waals surface area contributed by atoms with Crippen LogP contribution >= 0.6 is 11.6 Å². The second-order valence-corrected chi connectivity index (χ2v) is 5.26. The number of hydrogen-bond acceptors (Lipinski definition) is 1. The SMILES string of the molecule is CCCC(C)=CC1C(C(=O)Cl)C1(C)C. The topological polar surface area (TPSA) is 17.1 Å². The Labute approximate surface area is 91.5 Å². The highest BCUT2D eigenvalue weighted by atomic mass is 35.5. The van der Waals surface area contributed by atoms with Crippen LogP contribution in [0.4, 0.5) is 0 Å². The van der Waals surface area contributed by atoms with Crippen LogP contribution in [-0.2, 0) is 4.79 Å². The van der Waals surface area contributed by atoms with Gasteiger partial charge in [-0.1, -0.05) is 38.8 Å². The molecule has 0 bridgehead atoms. The minimum absolute atomic E-state index is 0.0379. The van der Waals surface area contributed by atoms with Crippen LogP contribution in [0.5, 0.6) is 0 Å². The Kier molecular flexibility index (Phi) is 3.41. The third kappa shape index (κ3) is 2.20. The van der Waals surface area contributed by atoms with Crippen molar-refractivity contribution < 1.29 is 4.79 Å². The highest BCUT2D eigenvalue weighted by Crippen LogP contribution is 2.60. The third-order valence-corrected chi connectivity index (χ3v) is 3.50. The second kappa shape index (κ2) is 4.06. The van der Waals surface area contributed by atoms with Gasteiger partial charge in [0.2, 0.25) is 5.24 Å². The molecule has 0 N–H and O–H groups in total. The molecule has 0 spiro atoms. The first-order chi connectivity index (χ1) is 6.41. The van der Waals surface area contributed by atoms with Crippen molar-refractivity contribution in [2.75, 3.05) is 0 Å². The molecule has 1 fully saturated rings. The Morgan fingerprint density at radius 2 is 2.07 bits per heavy atom. The van der Waals surface area contributed by atoms with Gasteiger partial charge in [-0.3, -0.25) is 4.79 Å². The average molecular weight is 215 g/mol. The molecular weight excluding hydrogens is 196 g/mol. The molecule has 0 aromatic rings.